The van der Waals surface area contributed by atoms with Crippen LogP contribution in [0.4, 0.5) is 11.5 Å². The average Bonchev–Trinajstić information content (AvgIpc) is 3.12. The van der Waals surface area contributed by atoms with E-state index in [1.807, 2.05) is 11.0 Å². The standard InChI is InChI=1S/C15H13N3O3/c1-8-4-12(17-21-8)16-15(20)11-5-9-2-3-18-13(19)7-10(6-11)14(9)18/h4-6H,2-3,7H2,1H3,(H,16,17,20). The molecule has 0 bridgehead atoms. The molecule has 0 saturated heterocycles. The van der Waals surface area contributed by atoms with Gasteiger partial charge in [-0.05, 0) is 36.6 Å². The Balaban J connectivity index is 1.67. The van der Waals surface area contributed by atoms with E-state index in [0.717, 1.165) is 23.2 Å². The minimum atomic E-state index is -0.236. The minimum absolute atomic E-state index is 0.119. The number of nitrogens with one attached hydrogen (secondary N) is 1. The third kappa shape index (κ3) is 1.83. The molecule has 0 unspecified atom stereocenters. The van der Waals surface area contributed by atoms with Crippen molar-refractivity contribution in [1.82, 2.24) is 5.16 Å². The molecule has 6 nitrogen and oxygen atoms in total. The van der Waals surface area contributed by atoms with Gasteiger partial charge >= 0.3 is 0 Å². The van der Waals surface area contributed by atoms with Crippen molar-refractivity contribution in [3.05, 3.63) is 40.6 Å². The molecule has 21 heavy (non-hydrogen) atoms. The Morgan fingerprint density at radius 3 is 2.90 bits per heavy atom. The van der Waals surface area contributed by atoms with E-state index in [2.05, 4.69) is 10.5 Å². The molecule has 2 aromatic rings. The summed E-state index contributed by atoms with van der Waals surface area (Å²) in [5.41, 5.74) is 3.58. The van der Waals surface area contributed by atoms with Crippen molar-refractivity contribution in [2.75, 3.05) is 16.8 Å². The number of amides is 2. The maximum atomic E-state index is 12.3. The highest BCUT2D eigenvalue weighted by Gasteiger charge is 2.34. The smallest absolute Gasteiger partial charge is 0.256 e. The van der Waals surface area contributed by atoms with Gasteiger partial charge in [0.25, 0.3) is 5.91 Å². The van der Waals surface area contributed by atoms with Gasteiger partial charge in [0.2, 0.25) is 5.91 Å². The van der Waals surface area contributed by atoms with Crippen LogP contribution in [0.25, 0.3) is 0 Å². The molecule has 1 aromatic heterocycles. The number of anilines is 2. The summed E-state index contributed by atoms with van der Waals surface area (Å²) in [6, 6.07) is 5.32. The van der Waals surface area contributed by atoms with Crippen LogP contribution in [0.2, 0.25) is 0 Å². The molecule has 2 aliphatic heterocycles. The highest BCUT2D eigenvalue weighted by Crippen LogP contribution is 2.38. The van der Waals surface area contributed by atoms with Crippen LogP contribution < -0.4 is 10.2 Å². The van der Waals surface area contributed by atoms with Gasteiger partial charge in [-0.25, -0.2) is 0 Å². The third-order valence-corrected chi connectivity index (χ3v) is 3.92. The van der Waals surface area contributed by atoms with Crippen LogP contribution in [0, 0.1) is 6.92 Å². The molecule has 2 amide bonds. The number of benzene rings is 1. The van der Waals surface area contributed by atoms with Crippen molar-refractivity contribution in [1.29, 1.82) is 0 Å². The zero-order chi connectivity index (χ0) is 14.6. The zero-order valence-corrected chi connectivity index (χ0v) is 11.5. The first kappa shape index (κ1) is 12.1. The topological polar surface area (TPSA) is 75.4 Å². The summed E-state index contributed by atoms with van der Waals surface area (Å²) < 4.78 is 4.92. The van der Waals surface area contributed by atoms with Gasteiger partial charge in [-0.15, -0.1) is 0 Å². The largest absolute Gasteiger partial charge is 0.360 e. The zero-order valence-electron chi connectivity index (χ0n) is 11.5. The lowest BCUT2D eigenvalue weighted by molar-refractivity contribution is -0.117. The minimum Gasteiger partial charge on any atom is -0.360 e. The van der Waals surface area contributed by atoms with E-state index in [0.29, 0.717) is 30.1 Å². The fraction of sp³-hybridized carbons (Fsp3) is 0.267. The number of carbonyl (C=O) groups excluding carboxylic acids is 2. The van der Waals surface area contributed by atoms with Gasteiger partial charge in [-0.1, -0.05) is 5.16 Å². The number of carbonyl (C=O) groups is 2. The van der Waals surface area contributed by atoms with Gasteiger partial charge in [-0.3, -0.25) is 9.59 Å². The number of nitrogens with zero attached hydrogens (tertiary/aromatic N) is 2. The molecular weight excluding hydrogens is 270 g/mol. The van der Waals surface area contributed by atoms with Crippen LogP contribution in [-0.4, -0.2) is 23.5 Å². The van der Waals surface area contributed by atoms with Crippen molar-refractivity contribution < 1.29 is 14.1 Å². The lowest BCUT2D eigenvalue weighted by Gasteiger charge is -2.09. The SMILES string of the molecule is Cc1cc(NC(=O)c2cc3c4c(c2)CC(=O)N4CC3)no1. The highest BCUT2D eigenvalue weighted by molar-refractivity contribution is 6.08. The molecule has 106 valence electrons. The Labute approximate surface area is 120 Å². The van der Waals surface area contributed by atoms with Crippen LogP contribution >= 0.6 is 0 Å². The fourth-order valence-electron chi connectivity index (χ4n) is 3.03. The second-order valence-electron chi connectivity index (χ2n) is 5.39. The summed E-state index contributed by atoms with van der Waals surface area (Å²) >= 11 is 0. The van der Waals surface area contributed by atoms with Gasteiger partial charge in [-0.2, -0.15) is 0 Å². The fourth-order valence-corrected chi connectivity index (χ4v) is 3.03. The van der Waals surface area contributed by atoms with E-state index < -0.39 is 0 Å². The Morgan fingerprint density at radius 1 is 1.33 bits per heavy atom. The summed E-state index contributed by atoms with van der Waals surface area (Å²) in [4.78, 5) is 26.0. The molecule has 3 heterocycles. The second kappa shape index (κ2) is 4.18. The number of rotatable bonds is 2. The first-order chi connectivity index (χ1) is 10.1. The molecule has 4 rings (SSSR count). The van der Waals surface area contributed by atoms with E-state index in [9.17, 15) is 9.59 Å². The normalized spacial score (nSPS) is 15.5. The molecule has 1 N–H and O–H groups in total. The van der Waals surface area contributed by atoms with Gasteiger partial charge in [0.1, 0.15) is 5.76 Å². The van der Waals surface area contributed by atoms with Gasteiger partial charge in [0, 0.05) is 18.2 Å². The lowest BCUT2D eigenvalue weighted by Crippen LogP contribution is -2.24. The molecule has 2 aliphatic rings. The first-order valence-corrected chi connectivity index (χ1v) is 6.82. The molecule has 0 radical (unpaired) electrons. The van der Waals surface area contributed by atoms with E-state index in [-0.39, 0.29) is 11.8 Å². The third-order valence-electron chi connectivity index (χ3n) is 3.92. The predicted octanol–water partition coefficient (Wildman–Crippen LogP) is 1.68. The van der Waals surface area contributed by atoms with E-state index in [4.69, 9.17) is 4.52 Å². The number of hydrogen-bond acceptors (Lipinski definition) is 4. The van der Waals surface area contributed by atoms with Crippen molar-refractivity contribution in [2.24, 2.45) is 0 Å². The van der Waals surface area contributed by atoms with Crippen molar-refractivity contribution >= 4 is 23.3 Å². The molecular formula is C15H13N3O3. The predicted molar refractivity (Wildman–Crippen MR) is 75.4 cm³/mol. The van der Waals surface area contributed by atoms with Crippen molar-refractivity contribution in [3.63, 3.8) is 0 Å². The van der Waals surface area contributed by atoms with Crippen LogP contribution in [0.1, 0.15) is 27.2 Å². The van der Waals surface area contributed by atoms with Crippen molar-refractivity contribution in [2.45, 2.75) is 19.8 Å². The highest BCUT2D eigenvalue weighted by atomic mass is 16.5. The molecule has 0 spiro atoms. The average molecular weight is 283 g/mol. The molecule has 0 atom stereocenters. The molecule has 6 heteroatoms. The number of hydrogen-bond donors (Lipinski definition) is 1. The summed E-state index contributed by atoms with van der Waals surface area (Å²) in [6.07, 6.45) is 1.19. The lowest BCUT2D eigenvalue weighted by atomic mass is 10.0. The molecule has 1 aromatic carbocycles. The number of aromatic nitrogens is 1. The van der Waals surface area contributed by atoms with Crippen molar-refractivity contribution in [3.8, 4) is 0 Å². The maximum Gasteiger partial charge on any atom is 0.256 e. The van der Waals surface area contributed by atoms with E-state index in [1.165, 1.54) is 0 Å². The summed E-state index contributed by atoms with van der Waals surface area (Å²) in [6.45, 7) is 2.48. The van der Waals surface area contributed by atoms with Gasteiger partial charge < -0.3 is 14.7 Å². The number of aryl methyl sites for hydroxylation is 1. The van der Waals surface area contributed by atoms with Crippen LogP contribution in [0.15, 0.2) is 22.7 Å². The second-order valence-corrected chi connectivity index (χ2v) is 5.39. The molecule has 0 aliphatic carbocycles. The Hall–Kier alpha value is -2.63. The maximum absolute atomic E-state index is 12.3. The Bertz CT molecular complexity index is 778. The quantitative estimate of drug-likeness (QED) is 0.909. The Kier molecular flexibility index (Phi) is 2.42. The monoisotopic (exact) mass is 283 g/mol. The summed E-state index contributed by atoms with van der Waals surface area (Å²) in [5, 5.41) is 6.45. The van der Waals surface area contributed by atoms with Crippen LogP contribution in [0.5, 0.6) is 0 Å². The first-order valence-electron chi connectivity index (χ1n) is 6.82. The summed E-state index contributed by atoms with van der Waals surface area (Å²) in [5.74, 6) is 0.916. The summed E-state index contributed by atoms with van der Waals surface area (Å²) in [7, 11) is 0. The van der Waals surface area contributed by atoms with Gasteiger partial charge in [0.05, 0.1) is 12.1 Å². The van der Waals surface area contributed by atoms with E-state index >= 15 is 0 Å². The Morgan fingerprint density at radius 2 is 2.14 bits per heavy atom. The molecule has 0 saturated carbocycles. The van der Waals surface area contributed by atoms with Gasteiger partial charge in [0.15, 0.2) is 5.82 Å². The van der Waals surface area contributed by atoms with Crippen LogP contribution in [-0.2, 0) is 17.6 Å². The van der Waals surface area contributed by atoms with E-state index in [1.54, 1.807) is 19.1 Å². The molecule has 0 fully saturated rings. The van der Waals surface area contributed by atoms with Crippen LogP contribution in [0.3, 0.4) is 0 Å².